The summed E-state index contributed by atoms with van der Waals surface area (Å²) in [6.45, 7) is 0. The summed E-state index contributed by atoms with van der Waals surface area (Å²) < 4.78 is 14.9. The van der Waals surface area contributed by atoms with Crippen LogP contribution >= 0.6 is 34.4 Å². The van der Waals surface area contributed by atoms with Crippen molar-refractivity contribution in [3.8, 4) is 0 Å². The van der Waals surface area contributed by atoms with E-state index in [0.29, 0.717) is 20.1 Å². The van der Waals surface area contributed by atoms with Gasteiger partial charge in [0.05, 0.1) is 0 Å². The second kappa shape index (κ2) is 6.38. The van der Waals surface area contributed by atoms with Gasteiger partial charge in [-0.1, -0.05) is 22.7 Å². The lowest BCUT2D eigenvalue weighted by Gasteiger charge is -2.00. The highest BCUT2D eigenvalue weighted by molar-refractivity contribution is 8.01. The highest BCUT2D eigenvalue weighted by Gasteiger charge is 2.25. The van der Waals surface area contributed by atoms with Crippen LogP contribution in [0.2, 0.25) is 0 Å². The Kier molecular flexibility index (Phi) is 4.07. The van der Waals surface area contributed by atoms with Gasteiger partial charge in [0.1, 0.15) is 12.0 Å². The first-order chi connectivity index (χ1) is 12.1. The monoisotopic (exact) mass is 394 g/mol. The van der Waals surface area contributed by atoms with Gasteiger partial charge < -0.3 is 15.4 Å². The van der Waals surface area contributed by atoms with Crippen LogP contribution in [-0.2, 0) is 0 Å². The number of nitrogens with one attached hydrogen (secondary N) is 1. The second-order valence-electron chi connectivity index (χ2n) is 4.66. The number of nitro groups is 1. The molecule has 0 amide bonds. The van der Waals surface area contributed by atoms with Crippen molar-refractivity contribution in [2.45, 2.75) is 9.37 Å². The van der Waals surface area contributed by atoms with Crippen LogP contribution in [-0.4, -0.2) is 24.5 Å². The maximum atomic E-state index is 12.9. The van der Waals surface area contributed by atoms with Crippen LogP contribution in [0.1, 0.15) is 0 Å². The number of anilines is 2. The molecule has 126 valence electrons. The minimum Gasteiger partial charge on any atom is -0.358 e. The molecule has 0 saturated heterocycles. The van der Waals surface area contributed by atoms with Gasteiger partial charge in [-0.05, 0) is 41.0 Å². The number of halogens is 1. The lowest BCUT2D eigenvalue weighted by atomic mass is 10.3. The molecule has 0 unspecified atom stereocenters. The van der Waals surface area contributed by atoms with Crippen molar-refractivity contribution in [2.75, 3.05) is 5.32 Å². The summed E-state index contributed by atoms with van der Waals surface area (Å²) in [6.07, 6.45) is 1.61. The van der Waals surface area contributed by atoms with Gasteiger partial charge in [-0.15, -0.1) is 10.2 Å². The molecular weight excluding hydrogens is 387 g/mol. The van der Waals surface area contributed by atoms with Gasteiger partial charge in [0.25, 0.3) is 4.96 Å². The first-order valence-electron chi connectivity index (χ1n) is 6.74. The predicted octanol–water partition coefficient (Wildman–Crippen LogP) is 4.19. The Balaban J connectivity index is 1.57. The molecule has 0 aliphatic carbocycles. The van der Waals surface area contributed by atoms with E-state index in [-0.39, 0.29) is 16.7 Å². The van der Waals surface area contributed by atoms with Gasteiger partial charge in [-0.25, -0.2) is 4.39 Å². The normalized spacial score (nSPS) is 11.1. The van der Waals surface area contributed by atoms with Crippen molar-refractivity contribution in [2.24, 2.45) is 0 Å². The van der Waals surface area contributed by atoms with Gasteiger partial charge in [-0.3, -0.25) is 0 Å². The molecule has 0 fully saturated rings. The molecular formula is C13H7FN6O2S3. The highest BCUT2D eigenvalue weighted by Crippen LogP contribution is 2.38. The van der Waals surface area contributed by atoms with Crippen LogP contribution in [0.25, 0.3) is 4.96 Å². The summed E-state index contributed by atoms with van der Waals surface area (Å²) in [5.74, 6) is -0.421. The van der Waals surface area contributed by atoms with Crippen molar-refractivity contribution in [1.82, 2.24) is 19.6 Å². The average molecular weight is 394 g/mol. The molecule has 4 aromatic rings. The fourth-order valence-electron chi connectivity index (χ4n) is 2.03. The lowest BCUT2D eigenvalue weighted by Crippen LogP contribution is -1.93. The number of aromatic nitrogens is 4. The van der Waals surface area contributed by atoms with E-state index in [1.807, 2.05) is 0 Å². The lowest BCUT2D eigenvalue weighted by molar-refractivity contribution is -0.393. The fraction of sp³-hybridized carbons (Fsp3) is 0. The van der Waals surface area contributed by atoms with Crippen LogP contribution in [0, 0.1) is 15.9 Å². The molecule has 0 radical (unpaired) electrons. The number of nitrogens with zero attached hydrogens (tertiary/aromatic N) is 5. The number of hydrogen-bond donors (Lipinski definition) is 1. The largest absolute Gasteiger partial charge is 0.363 e. The first kappa shape index (κ1) is 15.9. The fourth-order valence-corrected chi connectivity index (χ4v) is 4.58. The quantitative estimate of drug-likeness (QED) is 0.400. The zero-order chi connectivity index (χ0) is 17.4. The van der Waals surface area contributed by atoms with Crippen LogP contribution in [0.15, 0.2) is 45.2 Å². The third-order valence-corrected chi connectivity index (χ3v) is 5.68. The number of imidazole rings is 1. The Bertz CT molecular complexity index is 1060. The number of hydrogen-bond acceptors (Lipinski definition) is 9. The van der Waals surface area contributed by atoms with Crippen molar-refractivity contribution < 1.29 is 9.31 Å². The van der Waals surface area contributed by atoms with E-state index in [0.717, 1.165) is 11.8 Å². The van der Waals surface area contributed by atoms with E-state index in [9.17, 15) is 14.5 Å². The smallest absolute Gasteiger partial charge is 0.358 e. The molecule has 4 rings (SSSR count). The third kappa shape index (κ3) is 3.18. The number of fused-ring (bicyclic) bond motifs is 1. The summed E-state index contributed by atoms with van der Waals surface area (Å²) in [6, 6.07) is 5.83. The minimum atomic E-state index is -0.465. The summed E-state index contributed by atoms with van der Waals surface area (Å²) in [4.78, 5) is 15.7. The van der Waals surface area contributed by atoms with E-state index in [1.165, 1.54) is 39.2 Å². The highest BCUT2D eigenvalue weighted by atomic mass is 32.2. The molecule has 25 heavy (non-hydrogen) atoms. The van der Waals surface area contributed by atoms with Gasteiger partial charge in [0, 0.05) is 11.1 Å². The molecule has 3 heterocycles. The Morgan fingerprint density at radius 1 is 1.28 bits per heavy atom. The number of rotatable bonds is 5. The molecule has 12 heteroatoms. The van der Waals surface area contributed by atoms with Crippen LogP contribution in [0.3, 0.4) is 0 Å². The zero-order valence-electron chi connectivity index (χ0n) is 12.1. The second-order valence-corrected chi connectivity index (χ2v) is 7.75. The van der Waals surface area contributed by atoms with Gasteiger partial charge in [-0.2, -0.15) is 9.38 Å². The Hall–Kier alpha value is -2.57. The predicted molar refractivity (Wildman–Crippen MR) is 93.4 cm³/mol. The Labute approximate surface area is 151 Å². The number of thiazole rings is 1. The molecule has 0 aliphatic heterocycles. The molecule has 0 aliphatic rings. The van der Waals surface area contributed by atoms with E-state index in [4.69, 9.17) is 0 Å². The first-order valence-corrected chi connectivity index (χ1v) is 9.25. The Morgan fingerprint density at radius 3 is 2.84 bits per heavy atom. The van der Waals surface area contributed by atoms with Crippen molar-refractivity contribution in [1.29, 1.82) is 0 Å². The molecule has 0 spiro atoms. The van der Waals surface area contributed by atoms with Gasteiger partial charge >= 0.3 is 5.82 Å². The van der Waals surface area contributed by atoms with E-state index in [2.05, 4.69) is 20.5 Å². The minimum absolute atomic E-state index is 0.0931. The molecule has 1 N–H and O–H groups in total. The zero-order valence-corrected chi connectivity index (χ0v) is 14.6. The maximum Gasteiger partial charge on any atom is 0.363 e. The average Bonchev–Trinajstić information content (AvgIpc) is 3.26. The van der Waals surface area contributed by atoms with Crippen molar-refractivity contribution in [3.05, 3.63) is 51.8 Å². The number of benzene rings is 1. The topological polar surface area (TPSA) is 98.2 Å². The molecule has 0 atom stereocenters. The maximum absolute atomic E-state index is 12.9. The van der Waals surface area contributed by atoms with E-state index in [1.54, 1.807) is 23.7 Å². The van der Waals surface area contributed by atoms with Crippen LogP contribution in [0.5, 0.6) is 0 Å². The van der Waals surface area contributed by atoms with Crippen LogP contribution in [0.4, 0.5) is 21.0 Å². The van der Waals surface area contributed by atoms with Crippen LogP contribution < -0.4 is 5.32 Å². The molecule has 0 saturated carbocycles. The van der Waals surface area contributed by atoms with Gasteiger partial charge in [0.2, 0.25) is 10.2 Å². The summed E-state index contributed by atoms with van der Waals surface area (Å²) in [7, 11) is 0. The molecule has 1 aromatic carbocycles. The molecule has 3 aromatic heterocycles. The standard InChI is InChI=1S/C13H7FN6O2S3/c14-7-1-3-8(4-2-7)15-11-17-18-13(25-11)24-9-10(20(21)22)19-5-6-23-12(19)16-9/h1-6H,(H,15,17). The van der Waals surface area contributed by atoms with Gasteiger partial charge in [0.15, 0.2) is 4.34 Å². The van der Waals surface area contributed by atoms with E-state index >= 15 is 0 Å². The van der Waals surface area contributed by atoms with E-state index < -0.39 is 4.92 Å². The Morgan fingerprint density at radius 2 is 2.08 bits per heavy atom. The summed E-state index contributed by atoms with van der Waals surface area (Å²) >= 11 is 3.63. The SMILES string of the molecule is O=[N+]([O-])c1c(Sc2nnc(Nc3ccc(F)cc3)s2)nc2sccn12. The summed E-state index contributed by atoms with van der Waals surface area (Å²) in [5, 5.41) is 24.8. The molecule has 0 bridgehead atoms. The summed E-state index contributed by atoms with van der Waals surface area (Å²) in [5.41, 5.74) is 0.669. The van der Waals surface area contributed by atoms with Crippen molar-refractivity contribution in [3.63, 3.8) is 0 Å². The third-order valence-electron chi connectivity index (χ3n) is 3.06. The van der Waals surface area contributed by atoms with Crippen molar-refractivity contribution >= 4 is 56.0 Å². The molecule has 8 nitrogen and oxygen atoms in total.